The van der Waals surface area contributed by atoms with Crippen molar-refractivity contribution in [3.05, 3.63) is 12.2 Å². The van der Waals surface area contributed by atoms with E-state index in [-0.39, 0.29) is 0 Å². The number of hydrogen-bond acceptors (Lipinski definition) is 1. The molecule has 0 aliphatic heterocycles. The summed E-state index contributed by atoms with van der Waals surface area (Å²) in [4.78, 5) is 10.3. The molecule has 0 spiro atoms. The number of allylic oxidation sites excluding steroid dienone is 2. The van der Waals surface area contributed by atoms with Gasteiger partial charge in [0.15, 0.2) is 0 Å². The molecule has 0 radical (unpaired) electrons. The number of aliphatic carboxylic acids is 1. The summed E-state index contributed by atoms with van der Waals surface area (Å²) >= 11 is 6.28. The Morgan fingerprint density at radius 3 is 2.38 bits per heavy atom. The van der Waals surface area contributed by atoms with E-state index in [2.05, 4.69) is 19.1 Å². The Bertz CT molecular complexity index is 264. The number of halogens is 1. The molecule has 0 saturated heterocycles. The standard InChI is InChI=1S/C18H33ClO2/c1-2-3-4-11-14-17(19)15-12-9-7-5-6-8-10-13-16-18(20)21/h9,12,17H,2-8,10-11,13-16H2,1H3,(H,20,21)/b12-9-. The second-order valence-electron chi connectivity index (χ2n) is 5.85. The Morgan fingerprint density at radius 2 is 1.67 bits per heavy atom. The molecule has 0 fully saturated rings. The molecule has 0 saturated carbocycles. The van der Waals surface area contributed by atoms with E-state index < -0.39 is 5.97 Å². The van der Waals surface area contributed by atoms with Crippen LogP contribution in [0.15, 0.2) is 12.2 Å². The molecule has 0 bridgehead atoms. The minimum absolute atomic E-state index is 0.300. The fourth-order valence-electron chi connectivity index (χ4n) is 2.34. The molecule has 0 aromatic heterocycles. The van der Waals surface area contributed by atoms with Crippen molar-refractivity contribution in [2.45, 2.75) is 95.8 Å². The second-order valence-corrected chi connectivity index (χ2v) is 6.47. The van der Waals surface area contributed by atoms with Crippen LogP contribution in [0.1, 0.15) is 90.4 Å². The first-order valence-corrected chi connectivity index (χ1v) is 9.11. The van der Waals surface area contributed by atoms with Crippen LogP contribution in [-0.4, -0.2) is 16.5 Å². The highest BCUT2D eigenvalue weighted by Crippen LogP contribution is 2.14. The highest BCUT2D eigenvalue weighted by molar-refractivity contribution is 6.20. The molecule has 1 unspecified atom stereocenters. The Morgan fingerprint density at radius 1 is 1.00 bits per heavy atom. The molecular formula is C18H33ClO2. The van der Waals surface area contributed by atoms with Gasteiger partial charge in [0.25, 0.3) is 0 Å². The molecule has 1 atom stereocenters. The predicted octanol–water partition coefficient (Wildman–Crippen LogP) is 6.33. The Balaban J connectivity index is 3.26. The number of rotatable bonds is 15. The van der Waals surface area contributed by atoms with Crippen molar-refractivity contribution in [2.75, 3.05) is 0 Å². The Labute approximate surface area is 136 Å². The van der Waals surface area contributed by atoms with Crippen LogP contribution in [0, 0.1) is 0 Å². The van der Waals surface area contributed by atoms with Gasteiger partial charge in [-0.2, -0.15) is 0 Å². The highest BCUT2D eigenvalue weighted by atomic mass is 35.5. The van der Waals surface area contributed by atoms with Crippen LogP contribution in [0.2, 0.25) is 0 Å². The van der Waals surface area contributed by atoms with E-state index in [0.717, 1.165) is 38.5 Å². The summed E-state index contributed by atoms with van der Waals surface area (Å²) in [5.74, 6) is -0.678. The average molecular weight is 317 g/mol. The first-order chi connectivity index (χ1) is 10.2. The van der Waals surface area contributed by atoms with Gasteiger partial charge in [-0.1, -0.05) is 64.0 Å². The van der Waals surface area contributed by atoms with Crippen molar-refractivity contribution >= 4 is 17.6 Å². The van der Waals surface area contributed by atoms with Crippen molar-refractivity contribution in [1.29, 1.82) is 0 Å². The molecular weight excluding hydrogens is 284 g/mol. The van der Waals surface area contributed by atoms with Crippen LogP contribution < -0.4 is 0 Å². The van der Waals surface area contributed by atoms with Gasteiger partial charge in [0.05, 0.1) is 0 Å². The van der Waals surface area contributed by atoms with E-state index >= 15 is 0 Å². The maximum absolute atomic E-state index is 10.3. The molecule has 0 aliphatic carbocycles. The smallest absolute Gasteiger partial charge is 0.303 e. The zero-order valence-corrected chi connectivity index (χ0v) is 14.4. The quantitative estimate of drug-likeness (QED) is 0.218. The van der Waals surface area contributed by atoms with Crippen molar-refractivity contribution in [3.8, 4) is 0 Å². The van der Waals surface area contributed by atoms with E-state index in [4.69, 9.17) is 16.7 Å². The lowest BCUT2D eigenvalue weighted by Gasteiger charge is -2.05. The van der Waals surface area contributed by atoms with Gasteiger partial charge in [-0.15, -0.1) is 11.6 Å². The lowest BCUT2D eigenvalue weighted by Crippen LogP contribution is -1.96. The third-order valence-corrected chi connectivity index (χ3v) is 4.09. The zero-order chi connectivity index (χ0) is 15.8. The first kappa shape index (κ1) is 20.5. The second kappa shape index (κ2) is 15.9. The van der Waals surface area contributed by atoms with E-state index in [1.165, 1.54) is 38.5 Å². The predicted molar refractivity (Wildman–Crippen MR) is 92.1 cm³/mol. The summed E-state index contributed by atoms with van der Waals surface area (Å²) in [6.45, 7) is 2.23. The average Bonchev–Trinajstić information content (AvgIpc) is 2.45. The molecule has 2 nitrogen and oxygen atoms in total. The van der Waals surface area contributed by atoms with Gasteiger partial charge < -0.3 is 5.11 Å². The molecule has 1 N–H and O–H groups in total. The Kier molecular flexibility index (Phi) is 15.5. The van der Waals surface area contributed by atoms with Crippen LogP contribution in [0.3, 0.4) is 0 Å². The normalized spacial score (nSPS) is 12.9. The molecule has 0 aliphatic rings. The lowest BCUT2D eigenvalue weighted by atomic mass is 10.1. The maximum Gasteiger partial charge on any atom is 0.303 e. The van der Waals surface area contributed by atoms with Gasteiger partial charge in [0.2, 0.25) is 0 Å². The number of unbranched alkanes of at least 4 members (excludes halogenated alkanes) is 8. The minimum atomic E-state index is -0.678. The van der Waals surface area contributed by atoms with Crippen LogP contribution in [0.5, 0.6) is 0 Å². The minimum Gasteiger partial charge on any atom is -0.481 e. The van der Waals surface area contributed by atoms with E-state index in [1.807, 2.05) is 0 Å². The summed E-state index contributed by atoms with van der Waals surface area (Å²) in [6, 6.07) is 0. The summed E-state index contributed by atoms with van der Waals surface area (Å²) in [5.41, 5.74) is 0. The molecule has 0 heterocycles. The first-order valence-electron chi connectivity index (χ1n) is 8.67. The third kappa shape index (κ3) is 17.4. The number of carboxylic acids is 1. The number of hydrogen-bond donors (Lipinski definition) is 1. The van der Waals surface area contributed by atoms with Crippen molar-refractivity contribution in [3.63, 3.8) is 0 Å². The number of alkyl halides is 1. The van der Waals surface area contributed by atoms with Gasteiger partial charge in [-0.25, -0.2) is 0 Å². The summed E-state index contributed by atoms with van der Waals surface area (Å²) in [5, 5.41) is 8.82. The molecule has 0 amide bonds. The summed E-state index contributed by atoms with van der Waals surface area (Å²) in [6.07, 6.45) is 18.6. The van der Waals surface area contributed by atoms with Gasteiger partial charge in [-0.05, 0) is 32.1 Å². The van der Waals surface area contributed by atoms with Crippen LogP contribution >= 0.6 is 11.6 Å². The van der Waals surface area contributed by atoms with Gasteiger partial charge in [0.1, 0.15) is 0 Å². The topological polar surface area (TPSA) is 37.3 Å². The van der Waals surface area contributed by atoms with Crippen LogP contribution in [0.25, 0.3) is 0 Å². The zero-order valence-electron chi connectivity index (χ0n) is 13.7. The molecule has 0 aromatic carbocycles. The lowest BCUT2D eigenvalue weighted by molar-refractivity contribution is -0.137. The van der Waals surface area contributed by atoms with Crippen molar-refractivity contribution in [2.24, 2.45) is 0 Å². The fraction of sp³-hybridized carbons (Fsp3) is 0.833. The number of carboxylic acid groups (broad SMARTS) is 1. The van der Waals surface area contributed by atoms with E-state index in [1.54, 1.807) is 0 Å². The Hall–Kier alpha value is -0.500. The van der Waals surface area contributed by atoms with Crippen LogP contribution in [0.4, 0.5) is 0 Å². The van der Waals surface area contributed by atoms with Gasteiger partial charge >= 0.3 is 5.97 Å². The SMILES string of the molecule is CCCCCCC(Cl)C/C=C\CCCCCCCC(=O)O. The van der Waals surface area contributed by atoms with Crippen molar-refractivity contribution < 1.29 is 9.90 Å². The third-order valence-electron chi connectivity index (χ3n) is 3.69. The largest absolute Gasteiger partial charge is 0.481 e. The van der Waals surface area contributed by atoms with E-state index in [0.29, 0.717) is 11.8 Å². The van der Waals surface area contributed by atoms with Crippen molar-refractivity contribution in [1.82, 2.24) is 0 Å². The van der Waals surface area contributed by atoms with E-state index in [9.17, 15) is 4.79 Å². The highest BCUT2D eigenvalue weighted by Gasteiger charge is 2.01. The molecule has 21 heavy (non-hydrogen) atoms. The molecule has 124 valence electrons. The monoisotopic (exact) mass is 316 g/mol. The number of carbonyl (C=O) groups is 1. The molecule has 0 rings (SSSR count). The fourth-order valence-corrected chi connectivity index (χ4v) is 2.60. The maximum atomic E-state index is 10.3. The van der Waals surface area contributed by atoms with Gasteiger partial charge in [-0.3, -0.25) is 4.79 Å². The molecule has 3 heteroatoms. The van der Waals surface area contributed by atoms with Gasteiger partial charge in [0, 0.05) is 11.8 Å². The van der Waals surface area contributed by atoms with Crippen LogP contribution in [-0.2, 0) is 4.79 Å². The summed E-state index contributed by atoms with van der Waals surface area (Å²) in [7, 11) is 0. The molecule has 0 aromatic rings. The summed E-state index contributed by atoms with van der Waals surface area (Å²) < 4.78 is 0.